The Morgan fingerprint density at radius 1 is 1.30 bits per heavy atom. The number of carbonyl (C=O) groups excluding carboxylic acids is 1. The van der Waals surface area contributed by atoms with Crippen LogP contribution in [0.1, 0.15) is 0 Å². The molecule has 0 spiro atoms. The maximum absolute atomic E-state index is 12.3. The van der Waals surface area contributed by atoms with Crippen molar-refractivity contribution in [3.8, 4) is 0 Å². The third-order valence-electron chi connectivity index (χ3n) is 2.78. The van der Waals surface area contributed by atoms with Crippen molar-refractivity contribution < 1.29 is 13.2 Å². The van der Waals surface area contributed by atoms with Crippen molar-refractivity contribution in [2.75, 3.05) is 18.9 Å². The van der Waals surface area contributed by atoms with Crippen molar-refractivity contribution >= 4 is 72.1 Å². The number of halogens is 3. The van der Waals surface area contributed by atoms with E-state index in [9.17, 15) is 13.2 Å². The molecule has 0 saturated heterocycles. The number of hydrogen-bond donors (Lipinski definition) is 1. The summed E-state index contributed by atoms with van der Waals surface area (Å²) in [4.78, 5) is 12.0. The van der Waals surface area contributed by atoms with Gasteiger partial charge in [-0.05, 0) is 30.3 Å². The van der Waals surface area contributed by atoms with E-state index in [1.165, 1.54) is 19.2 Å². The van der Waals surface area contributed by atoms with E-state index in [0.717, 1.165) is 20.1 Å². The number of likely N-dealkylation sites (N-methyl/N-ethyl adjacent to an activating group) is 1. The standard InChI is InChI=1S/C13H11BrCl2N2O3S2/c1-18(23(20,21)13-5-4-11(16)22-13)7-12(19)17-10-3-2-8(14)6-9(10)15/h2-6H,7H2,1H3,(H,17,19). The molecule has 0 aliphatic heterocycles. The second-order valence-corrected chi connectivity index (χ2v) is 9.80. The van der Waals surface area contributed by atoms with E-state index >= 15 is 0 Å². The Balaban J connectivity index is 2.07. The van der Waals surface area contributed by atoms with Gasteiger partial charge in [-0.2, -0.15) is 4.31 Å². The molecular weight excluding hydrogens is 447 g/mol. The summed E-state index contributed by atoms with van der Waals surface area (Å²) in [6, 6.07) is 7.87. The molecule has 10 heteroatoms. The number of nitrogens with one attached hydrogen (secondary N) is 1. The molecule has 23 heavy (non-hydrogen) atoms. The molecule has 0 fully saturated rings. The number of benzene rings is 1. The average molecular weight is 458 g/mol. The second-order valence-electron chi connectivity index (χ2n) is 4.49. The minimum absolute atomic E-state index is 0.0828. The summed E-state index contributed by atoms with van der Waals surface area (Å²) >= 11 is 16.0. The summed E-state index contributed by atoms with van der Waals surface area (Å²) in [7, 11) is -2.43. The number of rotatable bonds is 5. The van der Waals surface area contributed by atoms with Crippen LogP contribution in [-0.2, 0) is 14.8 Å². The zero-order valence-corrected chi connectivity index (χ0v) is 16.4. The highest BCUT2D eigenvalue weighted by atomic mass is 79.9. The van der Waals surface area contributed by atoms with E-state index in [2.05, 4.69) is 21.2 Å². The highest BCUT2D eigenvalue weighted by Gasteiger charge is 2.24. The van der Waals surface area contributed by atoms with Crippen molar-refractivity contribution in [2.45, 2.75) is 4.21 Å². The molecule has 2 rings (SSSR count). The molecule has 0 aliphatic rings. The third kappa shape index (κ3) is 4.68. The first-order chi connectivity index (χ1) is 10.7. The average Bonchev–Trinajstić information content (AvgIpc) is 2.89. The van der Waals surface area contributed by atoms with Gasteiger partial charge in [-0.1, -0.05) is 39.1 Å². The molecule has 124 valence electrons. The zero-order chi connectivity index (χ0) is 17.2. The van der Waals surface area contributed by atoms with Crippen LogP contribution in [0, 0.1) is 0 Å². The number of sulfonamides is 1. The van der Waals surface area contributed by atoms with Crippen molar-refractivity contribution in [3.05, 3.63) is 44.2 Å². The molecule has 0 saturated carbocycles. The van der Waals surface area contributed by atoms with Crippen molar-refractivity contribution in [2.24, 2.45) is 0 Å². The molecule has 0 aliphatic carbocycles. The quantitative estimate of drug-likeness (QED) is 0.735. The first kappa shape index (κ1) is 18.7. The van der Waals surface area contributed by atoms with Gasteiger partial charge in [0, 0.05) is 11.5 Å². The van der Waals surface area contributed by atoms with Crippen molar-refractivity contribution in [3.63, 3.8) is 0 Å². The van der Waals surface area contributed by atoms with E-state index in [0.29, 0.717) is 15.0 Å². The number of thiophene rings is 1. The van der Waals surface area contributed by atoms with Gasteiger partial charge >= 0.3 is 0 Å². The topological polar surface area (TPSA) is 66.5 Å². The van der Waals surface area contributed by atoms with Crippen LogP contribution in [0.4, 0.5) is 5.69 Å². The predicted octanol–water partition coefficient (Wildman–Crippen LogP) is 4.08. The summed E-state index contributed by atoms with van der Waals surface area (Å²) in [5, 5.41) is 2.93. The highest BCUT2D eigenvalue weighted by molar-refractivity contribution is 9.10. The van der Waals surface area contributed by atoms with Gasteiger partial charge in [0.2, 0.25) is 5.91 Å². The summed E-state index contributed by atoms with van der Waals surface area (Å²) in [6.07, 6.45) is 0. The highest BCUT2D eigenvalue weighted by Crippen LogP contribution is 2.28. The number of carbonyl (C=O) groups is 1. The lowest BCUT2D eigenvalue weighted by Gasteiger charge is -2.16. The molecule has 0 atom stereocenters. The minimum Gasteiger partial charge on any atom is -0.324 e. The minimum atomic E-state index is -3.76. The van der Waals surface area contributed by atoms with E-state index in [4.69, 9.17) is 23.2 Å². The molecule has 0 bridgehead atoms. The Morgan fingerprint density at radius 2 is 2.00 bits per heavy atom. The molecule has 1 heterocycles. The lowest BCUT2D eigenvalue weighted by molar-refractivity contribution is -0.116. The Kier molecular flexibility index (Phi) is 6.10. The monoisotopic (exact) mass is 456 g/mol. The molecular formula is C13H11BrCl2N2O3S2. The van der Waals surface area contributed by atoms with E-state index < -0.39 is 15.9 Å². The fraction of sp³-hybridized carbons (Fsp3) is 0.154. The Labute approximate surface area is 156 Å². The Morgan fingerprint density at radius 3 is 2.57 bits per heavy atom. The van der Waals surface area contributed by atoms with Gasteiger partial charge < -0.3 is 5.32 Å². The molecule has 0 unspecified atom stereocenters. The summed E-state index contributed by atoms with van der Waals surface area (Å²) in [5.74, 6) is -0.497. The van der Waals surface area contributed by atoms with Crippen molar-refractivity contribution in [1.29, 1.82) is 0 Å². The number of amides is 1. The largest absolute Gasteiger partial charge is 0.324 e. The van der Waals surface area contributed by atoms with Gasteiger partial charge in [-0.15, -0.1) is 11.3 Å². The van der Waals surface area contributed by atoms with Gasteiger partial charge in [-0.3, -0.25) is 4.79 Å². The van der Waals surface area contributed by atoms with Crippen LogP contribution in [0.15, 0.2) is 39.0 Å². The number of hydrogen-bond acceptors (Lipinski definition) is 4. The molecule has 0 radical (unpaired) electrons. The van der Waals surface area contributed by atoms with Crippen LogP contribution in [-0.4, -0.2) is 32.2 Å². The number of anilines is 1. The van der Waals surface area contributed by atoms with Crippen LogP contribution in [0.2, 0.25) is 9.36 Å². The number of nitrogens with zero attached hydrogens (tertiary/aromatic N) is 1. The molecule has 2 aromatic rings. The van der Waals surface area contributed by atoms with Gasteiger partial charge in [0.1, 0.15) is 4.21 Å². The summed E-state index contributed by atoms with van der Waals surface area (Å²) < 4.78 is 26.8. The summed E-state index contributed by atoms with van der Waals surface area (Å²) in [6.45, 7) is -0.343. The Hall–Kier alpha value is -0.640. The lowest BCUT2D eigenvalue weighted by Crippen LogP contribution is -2.34. The van der Waals surface area contributed by atoms with E-state index in [1.807, 2.05) is 0 Å². The molecule has 1 amide bonds. The molecule has 1 N–H and O–H groups in total. The predicted molar refractivity (Wildman–Crippen MR) is 96.9 cm³/mol. The third-order valence-corrected chi connectivity index (χ3v) is 7.09. The van der Waals surface area contributed by atoms with Crippen LogP contribution in [0.5, 0.6) is 0 Å². The van der Waals surface area contributed by atoms with Crippen LogP contribution in [0.3, 0.4) is 0 Å². The summed E-state index contributed by atoms with van der Waals surface area (Å²) in [5.41, 5.74) is 0.407. The van der Waals surface area contributed by atoms with Gasteiger partial charge in [0.15, 0.2) is 0 Å². The van der Waals surface area contributed by atoms with Gasteiger partial charge in [-0.25, -0.2) is 8.42 Å². The van der Waals surface area contributed by atoms with E-state index in [-0.39, 0.29) is 10.8 Å². The lowest BCUT2D eigenvalue weighted by atomic mass is 10.3. The van der Waals surface area contributed by atoms with Crippen molar-refractivity contribution in [1.82, 2.24) is 4.31 Å². The first-order valence-electron chi connectivity index (χ1n) is 6.17. The zero-order valence-electron chi connectivity index (χ0n) is 11.7. The first-order valence-corrected chi connectivity index (χ1v) is 9.97. The van der Waals surface area contributed by atoms with Gasteiger partial charge in [0.05, 0.1) is 21.6 Å². The van der Waals surface area contributed by atoms with Crippen LogP contribution < -0.4 is 5.32 Å². The second kappa shape index (κ2) is 7.50. The smallest absolute Gasteiger partial charge is 0.252 e. The normalized spacial score (nSPS) is 11.7. The molecule has 1 aromatic heterocycles. The fourth-order valence-electron chi connectivity index (χ4n) is 1.66. The van der Waals surface area contributed by atoms with Gasteiger partial charge in [0.25, 0.3) is 10.0 Å². The molecule has 1 aromatic carbocycles. The molecule has 5 nitrogen and oxygen atoms in total. The maximum Gasteiger partial charge on any atom is 0.252 e. The fourth-order valence-corrected chi connectivity index (χ4v) is 5.20. The Bertz CT molecular complexity index is 839. The van der Waals surface area contributed by atoms with Crippen LogP contribution >= 0.6 is 50.5 Å². The van der Waals surface area contributed by atoms with Crippen LogP contribution in [0.25, 0.3) is 0 Å². The maximum atomic E-state index is 12.3. The van der Waals surface area contributed by atoms with E-state index in [1.54, 1.807) is 18.2 Å². The SMILES string of the molecule is CN(CC(=O)Nc1ccc(Br)cc1Cl)S(=O)(=O)c1ccc(Cl)s1.